The molecular weight excluding hydrogens is 292 g/mol. The Hall–Kier alpha value is -2.14. The summed E-state index contributed by atoms with van der Waals surface area (Å²) in [6.07, 6.45) is 5.93. The zero-order valence-corrected chi connectivity index (χ0v) is 12.9. The molecule has 2 atom stereocenters. The fourth-order valence-corrected chi connectivity index (χ4v) is 3.05. The van der Waals surface area contributed by atoms with E-state index in [1.807, 2.05) is 24.3 Å². The third kappa shape index (κ3) is 3.15. The third-order valence-corrected chi connectivity index (χ3v) is 4.60. The lowest BCUT2D eigenvalue weighted by Crippen LogP contribution is -2.25. The fourth-order valence-electron chi connectivity index (χ4n) is 3.05. The Morgan fingerprint density at radius 3 is 2.78 bits per heavy atom. The Labute approximate surface area is 134 Å². The summed E-state index contributed by atoms with van der Waals surface area (Å²) in [5.41, 5.74) is 0. The van der Waals surface area contributed by atoms with Crippen molar-refractivity contribution in [3.05, 3.63) is 30.5 Å². The molecule has 1 aromatic carbocycles. The molecule has 2 N–H and O–H groups in total. The molecular formula is C18H20N2O3. The normalized spacial score (nSPS) is 23.9. The molecule has 2 saturated carbocycles. The van der Waals surface area contributed by atoms with E-state index in [9.17, 15) is 9.90 Å². The number of ether oxygens (including phenoxy) is 1. The van der Waals surface area contributed by atoms with Gasteiger partial charge in [0.1, 0.15) is 17.7 Å². The molecule has 0 unspecified atom stereocenters. The van der Waals surface area contributed by atoms with E-state index in [0.717, 1.165) is 48.6 Å². The van der Waals surface area contributed by atoms with Gasteiger partial charge in [-0.05, 0) is 55.7 Å². The Morgan fingerprint density at radius 2 is 2.04 bits per heavy atom. The number of nitrogens with zero attached hydrogens (tertiary/aromatic N) is 1. The first-order valence-corrected chi connectivity index (χ1v) is 8.24. The average Bonchev–Trinajstić information content (AvgIpc) is 3.32. The Morgan fingerprint density at radius 1 is 1.17 bits per heavy atom. The highest BCUT2D eigenvalue weighted by atomic mass is 16.5. The summed E-state index contributed by atoms with van der Waals surface area (Å²) in [4.78, 5) is 16.1. The van der Waals surface area contributed by atoms with Crippen molar-refractivity contribution in [1.82, 2.24) is 4.98 Å². The van der Waals surface area contributed by atoms with E-state index in [0.29, 0.717) is 5.82 Å². The standard InChI is InChI=1S/C18H20N2O3/c21-15-2-1-3-16(15)23-14-7-6-12-9-17(19-10-13(12)8-14)20-18(22)11-4-5-11/h6-11,15-16,21H,1-5H2,(H,19,20,22)/t15-,16-/m1/s1. The van der Waals surface area contributed by atoms with Crippen molar-refractivity contribution >= 4 is 22.5 Å². The smallest absolute Gasteiger partial charge is 0.228 e. The fraction of sp³-hybridized carbons (Fsp3) is 0.444. The lowest BCUT2D eigenvalue weighted by Gasteiger charge is -2.17. The van der Waals surface area contributed by atoms with Gasteiger partial charge >= 0.3 is 0 Å². The summed E-state index contributed by atoms with van der Waals surface area (Å²) < 4.78 is 5.88. The van der Waals surface area contributed by atoms with Gasteiger partial charge in [0.05, 0.1) is 6.10 Å². The van der Waals surface area contributed by atoms with Gasteiger partial charge in [-0.15, -0.1) is 0 Å². The number of aromatic nitrogens is 1. The number of amides is 1. The highest BCUT2D eigenvalue weighted by Crippen LogP contribution is 2.31. The summed E-state index contributed by atoms with van der Waals surface area (Å²) in [7, 11) is 0. The summed E-state index contributed by atoms with van der Waals surface area (Å²) in [5, 5.41) is 14.7. The van der Waals surface area contributed by atoms with Crippen molar-refractivity contribution in [2.75, 3.05) is 5.32 Å². The minimum absolute atomic E-state index is 0.0621. The molecule has 1 amide bonds. The number of aliphatic hydroxyl groups is 1. The van der Waals surface area contributed by atoms with Crippen LogP contribution in [0.3, 0.4) is 0 Å². The second-order valence-corrected chi connectivity index (χ2v) is 6.50. The van der Waals surface area contributed by atoms with Crippen LogP contribution in [0.25, 0.3) is 10.8 Å². The summed E-state index contributed by atoms with van der Waals surface area (Å²) in [5.74, 6) is 1.57. The van der Waals surface area contributed by atoms with Crippen LogP contribution < -0.4 is 10.1 Å². The Bertz CT molecular complexity index is 742. The molecule has 4 rings (SSSR count). The van der Waals surface area contributed by atoms with Crippen molar-refractivity contribution in [2.45, 2.75) is 44.3 Å². The predicted octanol–water partition coefficient (Wildman–Crippen LogP) is 2.88. The summed E-state index contributed by atoms with van der Waals surface area (Å²) >= 11 is 0. The summed E-state index contributed by atoms with van der Waals surface area (Å²) in [6.45, 7) is 0. The van der Waals surface area contributed by atoms with Gasteiger partial charge in [-0.2, -0.15) is 0 Å². The van der Waals surface area contributed by atoms with E-state index >= 15 is 0 Å². The highest BCUT2D eigenvalue weighted by molar-refractivity contribution is 5.95. The van der Waals surface area contributed by atoms with Crippen LogP contribution in [0, 0.1) is 5.92 Å². The van der Waals surface area contributed by atoms with Crippen LogP contribution in [0.4, 0.5) is 5.82 Å². The van der Waals surface area contributed by atoms with Crippen LogP contribution in [0.1, 0.15) is 32.1 Å². The van der Waals surface area contributed by atoms with Crippen LogP contribution >= 0.6 is 0 Å². The zero-order valence-electron chi connectivity index (χ0n) is 12.9. The van der Waals surface area contributed by atoms with Crippen molar-refractivity contribution in [3.8, 4) is 5.75 Å². The number of aliphatic hydroxyl groups excluding tert-OH is 1. The van der Waals surface area contributed by atoms with Crippen LogP contribution in [0.2, 0.25) is 0 Å². The summed E-state index contributed by atoms with van der Waals surface area (Å²) in [6, 6.07) is 7.67. The van der Waals surface area contributed by atoms with Crippen molar-refractivity contribution in [1.29, 1.82) is 0 Å². The number of benzene rings is 1. The molecule has 120 valence electrons. The predicted molar refractivity (Wildman–Crippen MR) is 87.4 cm³/mol. The minimum Gasteiger partial charge on any atom is -0.488 e. The number of carbonyl (C=O) groups is 1. The maximum absolute atomic E-state index is 11.8. The van der Waals surface area contributed by atoms with E-state index < -0.39 is 0 Å². The number of hydrogen-bond acceptors (Lipinski definition) is 4. The maximum atomic E-state index is 11.8. The second-order valence-electron chi connectivity index (χ2n) is 6.50. The van der Waals surface area contributed by atoms with Gasteiger partial charge < -0.3 is 15.2 Å². The molecule has 0 bridgehead atoms. The van der Waals surface area contributed by atoms with Crippen molar-refractivity contribution in [2.24, 2.45) is 5.92 Å². The number of hydrogen-bond donors (Lipinski definition) is 2. The Kier molecular flexibility index (Phi) is 3.65. The van der Waals surface area contributed by atoms with Gasteiger partial charge in [-0.1, -0.05) is 6.07 Å². The molecule has 5 nitrogen and oxygen atoms in total. The minimum atomic E-state index is -0.371. The zero-order chi connectivity index (χ0) is 15.8. The molecule has 2 fully saturated rings. The second kappa shape index (κ2) is 5.81. The van der Waals surface area contributed by atoms with Gasteiger partial charge in [0, 0.05) is 17.5 Å². The number of nitrogens with one attached hydrogen (secondary N) is 1. The van der Waals surface area contributed by atoms with E-state index in [4.69, 9.17) is 4.74 Å². The average molecular weight is 312 g/mol. The van der Waals surface area contributed by atoms with E-state index in [2.05, 4.69) is 10.3 Å². The van der Waals surface area contributed by atoms with Gasteiger partial charge in [0.25, 0.3) is 0 Å². The van der Waals surface area contributed by atoms with Gasteiger partial charge in [0.15, 0.2) is 0 Å². The first kappa shape index (κ1) is 14.5. The number of rotatable bonds is 4. The molecule has 0 saturated heterocycles. The van der Waals surface area contributed by atoms with E-state index in [1.165, 1.54) is 0 Å². The lowest BCUT2D eigenvalue weighted by atomic mass is 10.1. The SMILES string of the molecule is O=C(Nc1cc2ccc(O[C@@H]3CCC[C@H]3O)cc2cn1)C1CC1. The first-order valence-electron chi connectivity index (χ1n) is 8.24. The number of pyridine rings is 1. The molecule has 0 aliphatic heterocycles. The third-order valence-electron chi connectivity index (χ3n) is 4.60. The number of fused-ring (bicyclic) bond motifs is 1. The van der Waals surface area contributed by atoms with Crippen LogP contribution in [-0.2, 0) is 4.79 Å². The van der Waals surface area contributed by atoms with E-state index in [-0.39, 0.29) is 24.0 Å². The van der Waals surface area contributed by atoms with Crippen LogP contribution in [0.5, 0.6) is 5.75 Å². The molecule has 1 aromatic heterocycles. The number of anilines is 1. The van der Waals surface area contributed by atoms with Crippen LogP contribution in [-0.4, -0.2) is 28.2 Å². The van der Waals surface area contributed by atoms with Gasteiger partial charge in [0.2, 0.25) is 5.91 Å². The van der Waals surface area contributed by atoms with Gasteiger partial charge in [-0.3, -0.25) is 4.79 Å². The Balaban J connectivity index is 1.51. The maximum Gasteiger partial charge on any atom is 0.228 e. The lowest BCUT2D eigenvalue weighted by molar-refractivity contribution is -0.117. The monoisotopic (exact) mass is 312 g/mol. The molecule has 0 spiro atoms. The molecule has 2 aliphatic carbocycles. The van der Waals surface area contributed by atoms with Gasteiger partial charge in [-0.25, -0.2) is 4.98 Å². The molecule has 5 heteroatoms. The van der Waals surface area contributed by atoms with Crippen LogP contribution in [0.15, 0.2) is 30.5 Å². The molecule has 23 heavy (non-hydrogen) atoms. The molecule has 1 heterocycles. The molecule has 0 radical (unpaired) electrons. The van der Waals surface area contributed by atoms with E-state index in [1.54, 1.807) is 6.20 Å². The largest absolute Gasteiger partial charge is 0.488 e. The van der Waals surface area contributed by atoms with Crippen molar-refractivity contribution < 1.29 is 14.6 Å². The van der Waals surface area contributed by atoms with Crippen molar-refractivity contribution in [3.63, 3.8) is 0 Å². The quantitative estimate of drug-likeness (QED) is 0.910. The molecule has 2 aromatic rings. The first-order chi connectivity index (χ1) is 11.2. The number of carbonyl (C=O) groups excluding carboxylic acids is 1. The highest BCUT2D eigenvalue weighted by Gasteiger charge is 2.30. The molecule has 2 aliphatic rings. The topological polar surface area (TPSA) is 71.5 Å².